The normalized spacial score (nSPS) is 18.1. The predicted octanol–water partition coefficient (Wildman–Crippen LogP) is 2.55. The molecule has 2 amide bonds. The lowest BCUT2D eigenvalue weighted by atomic mass is 9.86. The van der Waals surface area contributed by atoms with E-state index in [4.69, 9.17) is 4.74 Å². The van der Waals surface area contributed by atoms with Crippen LogP contribution in [0.5, 0.6) is 0 Å². The second kappa shape index (κ2) is 6.02. The van der Waals surface area contributed by atoms with Crippen molar-refractivity contribution in [3.63, 3.8) is 0 Å². The molecule has 0 aliphatic carbocycles. The summed E-state index contributed by atoms with van der Waals surface area (Å²) in [4.78, 5) is 25.5. The van der Waals surface area contributed by atoms with Crippen LogP contribution in [-0.4, -0.2) is 41.6 Å². The summed E-state index contributed by atoms with van der Waals surface area (Å²) in [5.41, 5.74) is -0.657. The average molecular weight is 284 g/mol. The smallest absolute Gasteiger partial charge is 0.407 e. The Morgan fingerprint density at radius 1 is 1.30 bits per heavy atom. The highest BCUT2D eigenvalue weighted by atomic mass is 16.6. The fourth-order valence-corrected chi connectivity index (χ4v) is 2.10. The van der Waals surface area contributed by atoms with Crippen LogP contribution in [0.3, 0.4) is 0 Å². The molecule has 0 radical (unpaired) electrons. The van der Waals surface area contributed by atoms with Crippen molar-refractivity contribution >= 4 is 12.0 Å². The van der Waals surface area contributed by atoms with E-state index in [2.05, 4.69) is 26.1 Å². The fourth-order valence-electron chi connectivity index (χ4n) is 2.10. The summed E-state index contributed by atoms with van der Waals surface area (Å²) in [5, 5.41) is 2.91. The number of nitrogens with one attached hydrogen (secondary N) is 1. The molecule has 1 rings (SSSR count). The number of amides is 2. The van der Waals surface area contributed by atoms with Gasteiger partial charge in [-0.2, -0.15) is 0 Å². The number of carbonyl (C=O) groups is 2. The topological polar surface area (TPSA) is 58.6 Å². The predicted molar refractivity (Wildman–Crippen MR) is 78.4 cm³/mol. The molecule has 0 spiro atoms. The highest BCUT2D eigenvalue weighted by molar-refractivity contribution is 5.78. The van der Waals surface area contributed by atoms with Gasteiger partial charge in [0.1, 0.15) is 5.60 Å². The van der Waals surface area contributed by atoms with Crippen molar-refractivity contribution in [2.24, 2.45) is 5.41 Å². The van der Waals surface area contributed by atoms with Gasteiger partial charge < -0.3 is 15.0 Å². The van der Waals surface area contributed by atoms with Crippen molar-refractivity contribution in [3.05, 3.63) is 0 Å². The Hall–Kier alpha value is -1.26. The molecule has 116 valence electrons. The second-order valence-electron chi connectivity index (χ2n) is 7.51. The first kappa shape index (κ1) is 16.8. The number of hydrogen-bond acceptors (Lipinski definition) is 3. The highest BCUT2D eigenvalue weighted by Gasteiger charge is 2.32. The van der Waals surface area contributed by atoms with Gasteiger partial charge in [-0.15, -0.1) is 0 Å². The first-order valence-corrected chi connectivity index (χ1v) is 7.26. The van der Waals surface area contributed by atoms with Crippen molar-refractivity contribution in [1.29, 1.82) is 0 Å². The summed E-state index contributed by atoms with van der Waals surface area (Å²) in [5.74, 6) is 0.172. The lowest BCUT2D eigenvalue weighted by molar-refractivity contribution is -0.128. The molecular weight excluding hydrogens is 256 g/mol. The average Bonchev–Trinajstić information content (AvgIpc) is 2.59. The minimum Gasteiger partial charge on any atom is -0.444 e. The Morgan fingerprint density at radius 3 is 2.30 bits per heavy atom. The zero-order valence-corrected chi connectivity index (χ0v) is 13.6. The molecule has 0 bridgehead atoms. The summed E-state index contributed by atoms with van der Waals surface area (Å²) in [6, 6.07) is -0.126. The molecule has 1 fully saturated rings. The number of rotatable bonds is 3. The number of carbonyl (C=O) groups excluding carboxylic acids is 2. The highest BCUT2D eigenvalue weighted by Crippen LogP contribution is 2.22. The number of alkyl carbamates (subject to hydrolysis) is 1. The van der Waals surface area contributed by atoms with Gasteiger partial charge in [-0.25, -0.2) is 4.79 Å². The molecule has 5 heteroatoms. The van der Waals surface area contributed by atoms with Crippen LogP contribution in [0.4, 0.5) is 4.79 Å². The minimum absolute atomic E-state index is 0.126. The molecule has 0 saturated carbocycles. The Balaban J connectivity index is 2.66. The van der Waals surface area contributed by atoms with Gasteiger partial charge in [0.05, 0.1) is 6.04 Å². The summed E-state index contributed by atoms with van der Waals surface area (Å²) >= 11 is 0. The minimum atomic E-state index is -0.518. The molecule has 0 aromatic rings. The van der Waals surface area contributed by atoms with Crippen molar-refractivity contribution in [2.45, 2.75) is 66.0 Å². The first-order chi connectivity index (χ1) is 8.99. The molecule has 1 aliphatic heterocycles. The van der Waals surface area contributed by atoms with E-state index in [1.807, 2.05) is 25.7 Å². The van der Waals surface area contributed by atoms with E-state index in [0.717, 1.165) is 13.0 Å². The van der Waals surface area contributed by atoms with Crippen LogP contribution in [-0.2, 0) is 9.53 Å². The fraction of sp³-hybridized carbons (Fsp3) is 0.867. The Morgan fingerprint density at radius 2 is 1.90 bits per heavy atom. The first-order valence-electron chi connectivity index (χ1n) is 7.26. The van der Waals surface area contributed by atoms with E-state index >= 15 is 0 Å². The molecule has 20 heavy (non-hydrogen) atoms. The van der Waals surface area contributed by atoms with Crippen molar-refractivity contribution < 1.29 is 14.3 Å². The molecule has 5 nitrogen and oxygen atoms in total. The maximum Gasteiger partial charge on any atom is 0.407 e. The number of ether oxygens (including phenoxy) is 1. The third-order valence-corrected chi connectivity index (χ3v) is 3.31. The molecule has 1 heterocycles. The standard InChI is InChI=1S/C15H28N2O3/c1-14(2,3)11(10-17-9-7-8-12(17)18)16-13(19)20-15(4,5)6/h11H,7-10H2,1-6H3,(H,16,19)/t11-/m0/s1. The maximum absolute atomic E-state index is 11.9. The van der Waals surface area contributed by atoms with Crippen LogP contribution in [0.2, 0.25) is 0 Å². The Labute approximate surface area is 122 Å². The van der Waals surface area contributed by atoms with E-state index in [9.17, 15) is 9.59 Å². The van der Waals surface area contributed by atoms with E-state index in [1.54, 1.807) is 0 Å². The van der Waals surface area contributed by atoms with Crippen LogP contribution in [0.15, 0.2) is 0 Å². The molecule has 0 unspecified atom stereocenters. The Bertz CT molecular complexity index is 366. The van der Waals surface area contributed by atoms with Gasteiger partial charge in [-0.1, -0.05) is 20.8 Å². The number of hydrogen-bond donors (Lipinski definition) is 1. The molecule has 1 saturated heterocycles. The van der Waals surface area contributed by atoms with Crippen LogP contribution in [0.25, 0.3) is 0 Å². The molecule has 1 aliphatic rings. The zero-order chi connectivity index (χ0) is 15.6. The third-order valence-electron chi connectivity index (χ3n) is 3.31. The molecule has 1 atom stereocenters. The number of likely N-dealkylation sites (tertiary alicyclic amines) is 1. The summed E-state index contributed by atoms with van der Waals surface area (Å²) in [7, 11) is 0. The van der Waals surface area contributed by atoms with Crippen molar-refractivity contribution in [1.82, 2.24) is 10.2 Å². The van der Waals surface area contributed by atoms with Crippen LogP contribution in [0.1, 0.15) is 54.4 Å². The van der Waals surface area contributed by atoms with Gasteiger partial charge in [0.2, 0.25) is 5.91 Å². The van der Waals surface area contributed by atoms with Gasteiger partial charge in [-0.3, -0.25) is 4.79 Å². The van der Waals surface area contributed by atoms with E-state index in [-0.39, 0.29) is 17.4 Å². The van der Waals surface area contributed by atoms with Gasteiger partial charge in [-0.05, 0) is 32.6 Å². The third kappa shape index (κ3) is 5.39. The quantitative estimate of drug-likeness (QED) is 0.866. The SMILES string of the molecule is CC(C)(C)OC(=O)N[C@@H](CN1CCCC1=O)C(C)(C)C. The Kier molecular flexibility index (Phi) is 5.05. The van der Waals surface area contributed by atoms with Gasteiger partial charge in [0.15, 0.2) is 0 Å². The van der Waals surface area contributed by atoms with Gasteiger partial charge >= 0.3 is 6.09 Å². The molecule has 0 aromatic heterocycles. The van der Waals surface area contributed by atoms with E-state index in [1.165, 1.54) is 0 Å². The number of nitrogens with zero attached hydrogens (tertiary/aromatic N) is 1. The summed E-state index contributed by atoms with van der Waals surface area (Å²) in [6.07, 6.45) is 1.09. The van der Waals surface area contributed by atoms with Crippen molar-refractivity contribution in [3.8, 4) is 0 Å². The van der Waals surface area contributed by atoms with Crippen LogP contribution in [0, 0.1) is 5.41 Å². The van der Waals surface area contributed by atoms with E-state index < -0.39 is 11.7 Å². The molecule has 0 aromatic carbocycles. The van der Waals surface area contributed by atoms with E-state index in [0.29, 0.717) is 13.0 Å². The second-order valence-corrected chi connectivity index (χ2v) is 7.51. The lowest BCUT2D eigenvalue weighted by Gasteiger charge is -2.35. The largest absolute Gasteiger partial charge is 0.444 e. The monoisotopic (exact) mass is 284 g/mol. The van der Waals surface area contributed by atoms with Crippen molar-refractivity contribution in [2.75, 3.05) is 13.1 Å². The molecule has 1 N–H and O–H groups in total. The lowest BCUT2D eigenvalue weighted by Crippen LogP contribution is -2.52. The van der Waals surface area contributed by atoms with Crippen LogP contribution >= 0.6 is 0 Å². The summed E-state index contributed by atoms with van der Waals surface area (Å²) < 4.78 is 5.30. The van der Waals surface area contributed by atoms with Crippen LogP contribution < -0.4 is 5.32 Å². The summed E-state index contributed by atoms with van der Waals surface area (Å²) in [6.45, 7) is 13.0. The maximum atomic E-state index is 11.9. The molecular formula is C15H28N2O3. The van der Waals surface area contributed by atoms with Gasteiger partial charge in [0, 0.05) is 19.5 Å². The van der Waals surface area contributed by atoms with Gasteiger partial charge in [0.25, 0.3) is 0 Å². The zero-order valence-electron chi connectivity index (χ0n) is 13.6.